The van der Waals surface area contributed by atoms with E-state index in [1.807, 2.05) is 24.3 Å². The van der Waals surface area contributed by atoms with Gasteiger partial charge in [0.25, 0.3) is 0 Å². The topological polar surface area (TPSA) is 50.4 Å². The standard InChI is InChI=1S/C15H22N2O2.ClH/c1-2-16-11-12-6-3-4-8-14(12)17-15(18)10-13-7-5-9-19-13;/h3-4,6,8,13,16H,2,5,7,9-11H2,1H3,(H,17,18);1H. The van der Waals surface area contributed by atoms with Crippen molar-refractivity contribution < 1.29 is 9.53 Å². The lowest BCUT2D eigenvalue weighted by Crippen LogP contribution is -2.21. The fourth-order valence-corrected chi connectivity index (χ4v) is 2.27. The Morgan fingerprint density at radius 2 is 2.20 bits per heavy atom. The van der Waals surface area contributed by atoms with Gasteiger partial charge in [0, 0.05) is 18.8 Å². The van der Waals surface area contributed by atoms with Crippen LogP contribution in [0.1, 0.15) is 31.7 Å². The molecule has 112 valence electrons. The Bertz CT molecular complexity index is 420. The number of carbonyl (C=O) groups is 1. The summed E-state index contributed by atoms with van der Waals surface area (Å²) in [6.45, 7) is 4.54. The number of hydrogen-bond acceptors (Lipinski definition) is 3. The van der Waals surface area contributed by atoms with Crippen molar-refractivity contribution in [3.8, 4) is 0 Å². The van der Waals surface area contributed by atoms with Crippen LogP contribution in [-0.2, 0) is 16.1 Å². The first-order valence-electron chi connectivity index (χ1n) is 6.99. The Balaban J connectivity index is 0.00000200. The molecule has 0 aromatic heterocycles. The predicted octanol–water partition coefficient (Wildman–Crippen LogP) is 2.73. The van der Waals surface area contributed by atoms with Gasteiger partial charge in [-0.1, -0.05) is 25.1 Å². The molecule has 2 N–H and O–H groups in total. The van der Waals surface area contributed by atoms with Crippen molar-refractivity contribution in [3.05, 3.63) is 29.8 Å². The van der Waals surface area contributed by atoms with E-state index in [4.69, 9.17) is 4.74 Å². The molecule has 1 fully saturated rings. The number of anilines is 1. The van der Waals surface area contributed by atoms with E-state index in [2.05, 4.69) is 17.6 Å². The second kappa shape index (κ2) is 8.95. The summed E-state index contributed by atoms with van der Waals surface area (Å²) < 4.78 is 5.48. The summed E-state index contributed by atoms with van der Waals surface area (Å²) in [4.78, 5) is 12.0. The number of benzene rings is 1. The third-order valence-corrected chi connectivity index (χ3v) is 3.29. The van der Waals surface area contributed by atoms with Crippen LogP contribution >= 0.6 is 12.4 Å². The van der Waals surface area contributed by atoms with E-state index < -0.39 is 0 Å². The molecule has 1 amide bonds. The minimum atomic E-state index is 0. The fourth-order valence-electron chi connectivity index (χ4n) is 2.27. The molecule has 0 bridgehead atoms. The number of nitrogens with one attached hydrogen (secondary N) is 2. The van der Waals surface area contributed by atoms with Crippen LogP contribution < -0.4 is 10.6 Å². The Kier molecular flexibility index (Phi) is 7.59. The highest BCUT2D eigenvalue weighted by Gasteiger charge is 2.19. The van der Waals surface area contributed by atoms with Gasteiger partial charge in [-0.25, -0.2) is 0 Å². The first-order valence-corrected chi connectivity index (χ1v) is 6.99. The number of hydrogen-bond donors (Lipinski definition) is 2. The maximum Gasteiger partial charge on any atom is 0.226 e. The van der Waals surface area contributed by atoms with Crippen LogP contribution in [0, 0.1) is 0 Å². The van der Waals surface area contributed by atoms with Gasteiger partial charge < -0.3 is 15.4 Å². The molecule has 2 rings (SSSR count). The summed E-state index contributed by atoms with van der Waals surface area (Å²) in [6, 6.07) is 7.91. The van der Waals surface area contributed by atoms with Crippen LogP contribution in [0.4, 0.5) is 5.69 Å². The van der Waals surface area contributed by atoms with Crippen molar-refractivity contribution in [1.29, 1.82) is 0 Å². The van der Waals surface area contributed by atoms with E-state index in [1.165, 1.54) is 0 Å². The number of carbonyl (C=O) groups excluding carboxylic acids is 1. The summed E-state index contributed by atoms with van der Waals surface area (Å²) in [6.07, 6.45) is 2.61. The van der Waals surface area contributed by atoms with Gasteiger partial charge >= 0.3 is 0 Å². The number of para-hydroxylation sites is 1. The SMILES string of the molecule is CCNCc1ccccc1NC(=O)CC1CCCO1.Cl. The van der Waals surface area contributed by atoms with Crippen LogP contribution in [0.15, 0.2) is 24.3 Å². The Morgan fingerprint density at radius 1 is 1.40 bits per heavy atom. The largest absolute Gasteiger partial charge is 0.378 e. The molecule has 0 saturated carbocycles. The quantitative estimate of drug-likeness (QED) is 0.849. The summed E-state index contributed by atoms with van der Waals surface area (Å²) >= 11 is 0. The lowest BCUT2D eigenvalue weighted by atomic mass is 10.1. The molecule has 1 aliphatic rings. The van der Waals surface area contributed by atoms with Crippen LogP contribution in [0.2, 0.25) is 0 Å². The summed E-state index contributed by atoms with van der Waals surface area (Å²) in [7, 11) is 0. The van der Waals surface area contributed by atoms with E-state index >= 15 is 0 Å². The van der Waals surface area contributed by atoms with Crippen LogP contribution in [0.5, 0.6) is 0 Å². The summed E-state index contributed by atoms with van der Waals surface area (Å²) in [5.74, 6) is 0.0378. The van der Waals surface area contributed by atoms with E-state index in [0.717, 1.165) is 43.8 Å². The molecule has 1 atom stereocenters. The van der Waals surface area contributed by atoms with Crippen LogP contribution in [0.25, 0.3) is 0 Å². The molecule has 1 aliphatic heterocycles. The highest BCUT2D eigenvalue weighted by molar-refractivity contribution is 5.91. The van der Waals surface area contributed by atoms with Crippen molar-refractivity contribution in [3.63, 3.8) is 0 Å². The predicted molar refractivity (Wildman–Crippen MR) is 83.3 cm³/mol. The number of ether oxygens (including phenoxy) is 1. The lowest BCUT2D eigenvalue weighted by Gasteiger charge is -2.13. The van der Waals surface area contributed by atoms with Gasteiger partial charge in [-0.05, 0) is 31.0 Å². The monoisotopic (exact) mass is 298 g/mol. The molecule has 1 unspecified atom stereocenters. The molecule has 1 heterocycles. The van der Waals surface area contributed by atoms with Crippen LogP contribution in [-0.4, -0.2) is 25.2 Å². The van der Waals surface area contributed by atoms with Gasteiger partial charge in [-0.2, -0.15) is 0 Å². The van der Waals surface area contributed by atoms with Gasteiger partial charge in [0.15, 0.2) is 0 Å². The first kappa shape index (κ1) is 17.0. The summed E-state index contributed by atoms with van der Waals surface area (Å²) in [5.41, 5.74) is 2.01. The first-order chi connectivity index (χ1) is 9.29. The van der Waals surface area contributed by atoms with Crippen molar-refractivity contribution in [2.45, 2.75) is 38.8 Å². The van der Waals surface area contributed by atoms with E-state index in [0.29, 0.717) is 6.42 Å². The zero-order chi connectivity index (χ0) is 13.5. The molecule has 5 heteroatoms. The van der Waals surface area contributed by atoms with E-state index in [9.17, 15) is 4.79 Å². The van der Waals surface area contributed by atoms with Gasteiger partial charge in [0.2, 0.25) is 5.91 Å². The Labute approximate surface area is 126 Å². The average Bonchev–Trinajstić information content (AvgIpc) is 2.90. The van der Waals surface area contributed by atoms with Gasteiger partial charge in [0.05, 0.1) is 12.5 Å². The average molecular weight is 299 g/mol. The fraction of sp³-hybridized carbons (Fsp3) is 0.533. The second-order valence-electron chi connectivity index (χ2n) is 4.82. The maximum atomic E-state index is 12.0. The molecule has 1 aromatic rings. The highest BCUT2D eigenvalue weighted by atomic mass is 35.5. The van der Waals surface area contributed by atoms with Gasteiger partial charge in [-0.3, -0.25) is 4.79 Å². The van der Waals surface area contributed by atoms with E-state index in [1.54, 1.807) is 0 Å². The molecular weight excluding hydrogens is 276 g/mol. The van der Waals surface area contributed by atoms with Crippen molar-refractivity contribution in [2.24, 2.45) is 0 Å². The molecule has 1 saturated heterocycles. The molecule has 0 spiro atoms. The molecule has 0 aliphatic carbocycles. The molecule has 1 aromatic carbocycles. The molecule has 4 nitrogen and oxygen atoms in total. The lowest BCUT2D eigenvalue weighted by molar-refractivity contribution is -0.118. The van der Waals surface area contributed by atoms with Crippen molar-refractivity contribution >= 4 is 24.0 Å². The molecule has 20 heavy (non-hydrogen) atoms. The second-order valence-corrected chi connectivity index (χ2v) is 4.82. The third-order valence-electron chi connectivity index (χ3n) is 3.29. The number of rotatable bonds is 6. The normalized spacial score (nSPS) is 17.6. The molecule has 0 radical (unpaired) electrons. The van der Waals surface area contributed by atoms with E-state index in [-0.39, 0.29) is 24.4 Å². The maximum absolute atomic E-state index is 12.0. The number of halogens is 1. The smallest absolute Gasteiger partial charge is 0.226 e. The summed E-state index contributed by atoms with van der Waals surface area (Å²) in [5, 5.41) is 6.26. The number of amides is 1. The van der Waals surface area contributed by atoms with Gasteiger partial charge in [0.1, 0.15) is 0 Å². The van der Waals surface area contributed by atoms with Gasteiger partial charge in [-0.15, -0.1) is 12.4 Å². The molecular formula is C15H23ClN2O2. The third kappa shape index (κ3) is 5.12. The van der Waals surface area contributed by atoms with Crippen molar-refractivity contribution in [2.75, 3.05) is 18.5 Å². The Hall–Kier alpha value is -1.10. The zero-order valence-corrected chi connectivity index (χ0v) is 12.7. The van der Waals surface area contributed by atoms with Crippen molar-refractivity contribution in [1.82, 2.24) is 5.32 Å². The van der Waals surface area contributed by atoms with Crippen LogP contribution in [0.3, 0.4) is 0 Å². The minimum absolute atomic E-state index is 0. The zero-order valence-electron chi connectivity index (χ0n) is 11.9. The highest BCUT2D eigenvalue weighted by Crippen LogP contribution is 2.18. The Morgan fingerprint density at radius 3 is 2.90 bits per heavy atom. The minimum Gasteiger partial charge on any atom is -0.378 e.